The van der Waals surface area contributed by atoms with Crippen molar-refractivity contribution in [3.63, 3.8) is 0 Å². The van der Waals surface area contributed by atoms with E-state index in [1.54, 1.807) is 12.5 Å². The molecular formula is C11H12FN5O. The summed E-state index contributed by atoms with van der Waals surface area (Å²) in [5.74, 6) is -1.03. The smallest absolute Gasteiger partial charge is 0.255 e. The molecule has 94 valence electrons. The molecule has 0 unspecified atom stereocenters. The van der Waals surface area contributed by atoms with Crippen LogP contribution in [0.4, 0.5) is 10.2 Å². The number of pyridine rings is 1. The molecule has 18 heavy (non-hydrogen) atoms. The fourth-order valence-electron chi connectivity index (χ4n) is 1.46. The minimum Gasteiger partial charge on any atom is -0.383 e. The van der Waals surface area contributed by atoms with Gasteiger partial charge in [0.05, 0.1) is 18.1 Å². The van der Waals surface area contributed by atoms with Crippen LogP contribution in [-0.2, 0) is 6.42 Å². The number of nitrogens with one attached hydrogen (secondary N) is 2. The lowest BCUT2D eigenvalue weighted by molar-refractivity contribution is 0.0954. The highest BCUT2D eigenvalue weighted by Gasteiger charge is 2.11. The Morgan fingerprint density at radius 3 is 3.06 bits per heavy atom. The van der Waals surface area contributed by atoms with Crippen molar-refractivity contribution >= 4 is 11.7 Å². The topological polar surface area (TPSA) is 96.7 Å². The second-order valence-corrected chi connectivity index (χ2v) is 3.67. The first kappa shape index (κ1) is 12.0. The van der Waals surface area contributed by atoms with Gasteiger partial charge >= 0.3 is 0 Å². The van der Waals surface area contributed by atoms with Gasteiger partial charge in [0.15, 0.2) is 0 Å². The number of imidazole rings is 1. The molecule has 6 nitrogen and oxygen atoms in total. The Morgan fingerprint density at radius 2 is 2.33 bits per heavy atom. The normalized spacial score (nSPS) is 10.3. The predicted molar refractivity (Wildman–Crippen MR) is 63.2 cm³/mol. The number of halogens is 1. The molecule has 0 aromatic carbocycles. The highest BCUT2D eigenvalue weighted by molar-refractivity contribution is 5.98. The molecule has 0 atom stereocenters. The molecule has 0 saturated heterocycles. The summed E-state index contributed by atoms with van der Waals surface area (Å²) >= 11 is 0. The van der Waals surface area contributed by atoms with Crippen LogP contribution in [0.2, 0.25) is 0 Å². The van der Waals surface area contributed by atoms with Gasteiger partial charge in [-0.2, -0.15) is 0 Å². The zero-order valence-electron chi connectivity index (χ0n) is 9.48. The summed E-state index contributed by atoms with van der Waals surface area (Å²) in [6.45, 7) is 0.400. The first-order valence-corrected chi connectivity index (χ1v) is 5.33. The van der Waals surface area contributed by atoms with Crippen LogP contribution in [0.25, 0.3) is 0 Å². The molecule has 0 aliphatic carbocycles. The number of hydrogen-bond acceptors (Lipinski definition) is 4. The summed E-state index contributed by atoms with van der Waals surface area (Å²) in [5, 5.41) is 2.63. The average molecular weight is 249 g/mol. The molecule has 2 rings (SSSR count). The summed E-state index contributed by atoms with van der Waals surface area (Å²) in [6, 6.07) is 1.06. The van der Waals surface area contributed by atoms with Crippen LogP contribution in [0.1, 0.15) is 16.1 Å². The quantitative estimate of drug-likeness (QED) is 0.735. The molecule has 0 spiro atoms. The molecule has 2 aromatic rings. The molecule has 0 saturated carbocycles. The maximum absolute atomic E-state index is 12.9. The van der Waals surface area contributed by atoms with E-state index in [1.807, 2.05) is 0 Å². The summed E-state index contributed by atoms with van der Waals surface area (Å²) in [6.07, 6.45) is 4.81. The van der Waals surface area contributed by atoms with Crippen molar-refractivity contribution in [2.45, 2.75) is 6.42 Å². The molecule has 0 aliphatic heterocycles. The number of nitrogen functional groups attached to an aromatic ring is 1. The van der Waals surface area contributed by atoms with Crippen molar-refractivity contribution in [2.75, 3.05) is 12.3 Å². The average Bonchev–Trinajstić information content (AvgIpc) is 2.85. The third kappa shape index (κ3) is 2.82. The Morgan fingerprint density at radius 1 is 1.50 bits per heavy atom. The Balaban J connectivity index is 1.93. The molecule has 0 aliphatic rings. The number of anilines is 1. The Kier molecular flexibility index (Phi) is 3.52. The number of rotatable bonds is 4. The van der Waals surface area contributed by atoms with Crippen LogP contribution >= 0.6 is 0 Å². The van der Waals surface area contributed by atoms with Crippen molar-refractivity contribution in [3.8, 4) is 0 Å². The number of nitrogens with two attached hydrogens (primary N) is 1. The van der Waals surface area contributed by atoms with Crippen LogP contribution in [0.5, 0.6) is 0 Å². The summed E-state index contributed by atoms with van der Waals surface area (Å²) in [7, 11) is 0. The minimum atomic E-state index is -0.595. The van der Waals surface area contributed by atoms with Gasteiger partial charge in [-0.15, -0.1) is 0 Å². The van der Waals surface area contributed by atoms with E-state index in [0.29, 0.717) is 13.0 Å². The number of nitrogens with zero attached hydrogens (tertiary/aromatic N) is 2. The predicted octanol–water partition coefficient (Wildman–Crippen LogP) is 0.498. The van der Waals surface area contributed by atoms with Gasteiger partial charge in [0.2, 0.25) is 0 Å². The number of aromatic nitrogens is 3. The standard InChI is InChI=1S/C11H12FN5O/c12-7-3-9(10(13)16-4-7)11(18)15-2-1-8-5-14-6-17-8/h3-6H,1-2H2,(H2,13,16)(H,14,17)(H,15,18). The van der Waals surface area contributed by atoms with E-state index in [4.69, 9.17) is 5.73 Å². The van der Waals surface area contributed by atoms with Gasteiger partial charge in [-0.3, -0.25) is 4.79 Å². The van der Waals surface area contributed by atoms with Gasteiger partial charge in [0.25, 0.3) is 5.91 Å². The van der Waals surface area contributed by atoms with E-state index in [0.717, 1.165) is 18.0 Å². The molecule has 7 heteroatoms. The van der Waals surface area contributed by atoms with Gasteiger partial charge < -0.3 is 16.0 Å². The lowest BCUT2D eigenvalue weighted by atomic mass is 10.2. The SMILES string of the molecule is Nc1ncc(F)cc1C(=O)NCCc1cnc[nH]1. The van der Waals surface area contributed by atoms with Crippen molar-refractivity contribution in [1.82, 2.24) is 20.3 Å². The molecule has 0 fully saturated rings. The molecule has 0 bridgehead atoms. The molecular weight excluding hydrogens is 237 g/mol. The minimum absolute atomic E-state index is 0.00967. The monoisotopic (exact) mass is 249 g/mol. The number of hydrogen-bond donors (Lipinski definition) is 3. The lowest BCUT2D eigenvalue weighted by Crippen LogP contribution is -2.27. The number of aromatic amines is 1. The summed E-state index contributed by atoms with van der Waals surface area (Å²) in [5.41, 5.74) is 6.45. The second kappa shape index (κ2) is 5.26. The fraction of sp³-hybridized carbons (Fsp3) is 0.182. The fourth-order valence-corrected chi connectivity index (χ4v) is 1.46. The Bertz CT molecular complexity index is 540. The van der Waals surface area contributed by atoms with Crippen LogP contribution in [0.3, 0.4) is 0 Å². The molecule has 4 N–H and O–H groups in total. The molecule has 1 amide bonds. The number of H-pyrrole nitrogens is 1. The molecule has 0 radical (unpaired) electrons. The molecule has 2 aromatic heterocycles. The summed E-state index contributed by atoms with van der Waals surface area (Å²) in [4.78, 5) is 22.1. The number of carbonyl (C=O) groups is 1. The van der Waals surface area contributed by atoms with Gasteiger partial charge in [0, 0.05) is 24.9 Å². The van der Waals surface area contributed by atoms with Crippen molar-refractivity contribution in [3.05, 3.63) is 41.9 Å². The maximum Gasteiger partial charge on any atom is 0.255 e. The Labute approximate surface area is 102 Å². The number of carbonyl (C=O) groups excluding carboxylic acids is 1. The lowest BCUT2D eigenvalue weighted by Gasteiger charge is -2.06. The van der Waals surface area contributed by atoms with Crippen LogP contribution in [-0.4, -0.2) is 27.4 Å². The van der Waals surface area contributed by atoms with E-state index in [9.17, 15) is 9.18 Å². The first-order chi connectivity index (χ1) is 8.66. The highest BCUT2D eigenvalue weighted by Crippen LogP contribution is 2.09. The highest BCUT2D eigenvalue weighted by atomic mass is 19.1. The van der Waals surface area contributed by atoms with Crippen LogP contribution < -0.4 is 11.1 Å². The third-order valence-corrected chi connectivity index (χ3v) is 2.36. The largest absolute Gasteiger partial charge is 0.383 e. The van der Waals surface area contributed by atoms with Gasteiger partial charge in [0.1, 0.15) is 11.6 Å². The van der Waals surface area contributed by atoms with E-state index < -0.39 is 11.7 Å². The molecule has 2 heterocycles. The summed E-state index contributed by atoms with van der Waals surface area (Å²) < 4.78 is 12.9. The van der Waals surface area contributed by atoms with E-state index in [1.165, 1.54) is 0 Å². The second-order valence-electron chi connectivity index (χ2n) is 3.67. The first-order valence-electron chi connectivity index (χ1n) is 5.33. The van der Waals surface area contributed by atoms with Crippen molar-refractivity contribution in [2.24, 2.45) is 0 Å². The van der Waals surface area contributed by atoms with Crippen LogP contribution in [0.15, 0.2) is 24.8 Å². The maximum atomic E-state index is 12.9. The Hall–Kier alpha value is -2.44. The van der Waals surface area contributed by atoms with Gasteiger partial charge in [-0.25, -0.2) is 14.4 Å². The van der Waals surface area contributed by atoms with Gasteiger partial charge in [-0.1, -0.05) is 0 Å². The van der Waals surface area contributed by atoms with Crippen molar-refractivity contribution < 1.29 is 9.18 Å². The van der Waals surface area contributed by atoms with Crippen molar-refractivity contribution in [1.29, 1.82) is 0 Å². The van der Waals surface area contributed by atoms with Crippen LogP contribution in [0, 0.1) is 5.82 Å². The van der Waals surface area contributed by atoms with E-state index in [2.05, 4.69) is 20.3 Å². The van der Waals surface area contributed by atoms with Gasteiger partial charge in [-0.05, 0) is 6.07 Å². The van der Waals surface area contributed by atoms with E-state index in [-0.39, 0.29) is 11.4 Å². The third-order valence-electron chi connectivity index (χ3n) is 2.36. The zero-order valence-corrected chi connectivity index (χ0v) is 9.48. The zero-order chi connectivity index (χ0) is 13.0. The van der Waals surface area contributed by atoms with E-state index >= 15 is 0 Å². The number of amides is 1.